The molecule has 0 spiro atoms. The van der Waals surface area contributed by atoms with E-state index in [9.17, 15) is 8.42 Å². The number of sulfone groups is 1. The number of aryl methyl sites for hydroxylation is 1. The van der Waals surface area contributed by atoms with Gasteiger partial charge in [0.2, 0.25) is 0 Å². The summed E-state index contributed by atoms with van der Waals surface area (Å²) in [7, 11) is -1.18. The normalized spacial score (nSPS) is 13.8. The Bertz CT molecular complexity index is 439. The highest BCUT2D eigenvalue weighted by Crippen LogP contribution is 2.05. The predicted molar refractivity (Wildman–Crippen MR) is 68.8 cm³/mol. The smallest absolute Gasteiger partial charge is 0.148 e. The number of nitrogens with zero attached hydrogens (tertiary/aromatic N) is 2. The highest BCUT2D eigenvalue weighted by atomic mass is 32.2. The Labute approximate surface area is 103 Å². The standard InChI is InChI=1S/C11H21N3O2S/c1-4-6-14-7-5-13-11(14)8-10(12-2)9-17(3,15)16/h5,7,10,12H,4,6,8-9H2,1-3H3. The largest absolute Gasteiger partial charge is 0.335 e. The van der Waals surface area contributed by atoms with Crippen LogP contribution in [0, 0.1) is 0 Å². The molecule has 0 bridgehead atoms. The van der Waals surface area contributed by atoms with Crippen LogP contribution in [-0.4, -0.2) is 43.1 Å². The van der Waals surface area contributed by atoms with Crippen LogP contribution in [-0.2, 0) is 22.8 Å². The molecule has 0 amide bonds. The first kappa shape index (κ1) is 14.2. The Morgan fingerprint density at radius 2 is 2.24 bits per heavy atom. The maximum atomic E-state index is 11.3. The fourth-order valence-corrected chi connectivity index (χ4v) is 2.82. The van der Waals surface area contributed by atoms with Crippen molar-refractivity contribution in [2.24, 2.45) is 0 Å². The topological polar surface area (TPSA) is 64.0 Å². The molecule has 1 N–H and O–H groups in total. The summed E-state index contributed by atoms with van der Waals surface area (Å²) in [6.45, 7) is 3.03. The Morgan fingerprint density at radius 1 is 1.53 bits per heavy atom. The quantitative estimate of drug-likeness (QED) is 0.773. The first-order chi connectivity index (χ1) is 7.96. The van der Waals surface area contributed by atoms with E-state index in [-0.39, 0.29) is 11.8 Å². The van der Waals surface area contributed by atoms with Crippen molar-refractivity contribution < 1.29 is 8.42 Å². The van der Waals surface area contributed by atoms with E-state index in [4.69, 9.17) is 0 Å². The summed E-state index contributed by atoms with van der Waals surface area (Å²) in [5, 5.41) is 3.03. The van der Waals surface area contributed by atoms with Crippen LogP contribution in [0.3, 0.4) is 0 Å². The minimum absolute atomic E-state index is 0.0805. The Balaban J connectivity index is 2.70. The summed E-state index contributed by atoms with van der Waals surface area (Å²) in [5.74, 6) is 1.08. The maximum Gasteiger partial charge on any atom is 0.148 e. The third-order valence-electron chi connectivity index (χ3n) is 2.61. The van der Waals surface area contributed by atoms with Crippen molar-refractivity contribution >= 4 is 9.84 Å². The van der Waals surface area contributed by atoms with Gasteiger partial charge < -0.3 is 9.88 Å². The minimum Gasteiger partial charge on any atom is -0.335 e. The lowest BCUT2D eigenvalue weighted by molar-refractivity contribution is 0.541. The second-order valence-electron chi connectivity index (χ2n) is 4.32. The van der Waals surface area contributed by atoms with Crippen molar-refractivity contribution in [3.8, 4) is 0 Å². The number of imidazole rings is 1. The van der Waals surface area contributed by atoms with Gasteiger partial charge in [-0.1, -0.05) is 6.92 Å². The molecule has 1 unspecified atom stereocenters. The Hall–Kier alpha value is -0.880. The predicted octanol–water partition coefficient (Wildman–Crippen LogP) is 0.468. The third-order valence-corrected chi connectivity index (χ3v) is 3.62. The van der Waals surface area contributed by atoms with E-state index >= 15 is 0 Å². The molecule has 5 nitrogen and oxygen atoms in total. The SMILES string of the molecule is CCCn1ccnc1CC(CS(C)(=O)=O)NC. The van der Waals surface area contributed by atoms with Crippen molar-refractivity contribution in [2.45, 2.75) is 32.4 Å². The molecule has 98 valence electrons. The van der Waals surface area contributed by atoms with Gasteiger partial charge >= 0.3 is 0 Å². The van der Waals surface area contributed by atoms with Gasteiger partial charge in [-0.2, -0.15) is 0 Å². The van der Waals surface area contributed by atoms with Crippen molar-refractivity contribution in [1.82, 2.24) is 14.9 Å². The lowest BCUT2D eigenvalue weighted by atomic mass is 10.2. The summed E-state index contributed by atoms with van der Waals surface area (Å²) in [5.41, 5.74) is 0. The molecule has 1 atom stereocenters. The van der Waals surface area contributed by atoms with E-state index in [2.05, 4.69) is 21.8 Å². The molecule has 0 saturated carbocycles. The van der Waals surface area contributed by atoms with Crippen LogP contribution in [0.4, 0.5) is 0 Å². The molecule has 1 rings (SSSR count). The number of hydrogen-bond acceptors (Lipinski definition) is 4. The van der Waals surface area contributed by atoms with Crippen molar-refractivity contribution in [3.63, 3.8) is 0 Å². The molecule has 0 saturated heterocycles. The maximum absolute atomic E-state index is 11.3. The van der Waals surface area contributed by atoms with Gasteiger partial charge in [0.05, 0.1) is 5.75 Å². The van der Waals surface area contributed by atoms with Crippen molar-refractivity contribution in [1.29, 1.82) is 0 Å². The zero-order valence-electron chi connectivity index (χ0n) is 10.7. The first-order valence-electron chi connectivity index (χ1n) is 5.81. The monoisotopic (exact) mass is 259 g/mol. The zero-order chi connectivity index (χ0) is 12.9. The number of nitrogens with one attached hydrogen (secondary N) is 1. The molecule has 1 aromatic heterocycles. The minimum atomic E-state index is -2.96. The fraction of sp³-hybridized carbons (Fsp3) is 0.727. The summed E-state index contributed by atoms with van der Waals surface area (Å²) in [6, 6.07) is -0.0805. The van der Waals surface area contributed by atoms with Crippen molar-refractivity contribution in [2.75, 3.05) is 19.1 Å². The summed E-state index contributed by atoms with van der Waals surface area (Å²) >= 11 is 0. The van der Waals surface area contributed by atoms with Crippen LogP contribution in [0.25, 0.3) is 0 Å². The average Bonchev–Trinajstić information content (AvgIpc) is 2.63. The van der Waals surface area contributed by atoms with Gasteiger partial charge in [-0.3, -0.25) is 0 Å². The van der Waals surface area contributed by atoms with E-state index < -0.39 is 9.84 Å². The lowest BCUT2D eigenvalue weighted by Gasteiger charge is -2.15. The summed E-state index contributed by atoms with van der Waals surface area (Å²) < 4.78 is 24.6. The number of rotatable bonds is 7. The number of aromatic nitrogens is 2. The molecule has 0 aliphatic heterocycles. The summed E-state index contributed by atoms with van der Waals surface area (Å²) in [6.07, 6.45) is 6.64. The molecule has 0 aromatic carbocycles. The molecule has 0 radical (unpaired) electrons. The van der Waals surface area contributed by atoms with Gasteiger partial charge in [-0.15, -0.1) is 0 Å². The van der Waals surface area contributed by atoms with Crippen LogP contribution in [0.1, 0.15) is 19.2 Å². The second kappa shape index (κ2) is 6.16. The van der Waals surface area contributed by atoms with Gasteiger partial charge in [0.25, 0.3) is 0 Å². The number of hydrogen-bond donors (Lipinski definition) is 1. The van der Waals surface area contributed by atoms with Crippen LogP contribution in [0.2, 0.25) is 0 Å². The van der Waals surface area contributed by atoms with Crippen LogP contribution in [0.5, 0.6) is 0 Å². The molecular formula is C11H21N3O2S. The second-order valence-corrected chi connectivity index (χ2v) is 6.50. The third kappa shape index (κ3) is 4.87. The van der Waals surface area contributed by atoms with Gasteiger partial charge in [-0.25, -0.2) is 13.4 Å². The Kier molecular flexibility index (Phi) is 5.14. The van der Waals surface area contributed by atoms with E-state index in [1.165, 1.54) is 6.26 Å². The molecule has 0 aliphatic carbocycles. The molecule has 1 heterocycles. The highest BCUT2D eigenvalue weighted by Gasteiger charge is 2.16. The fourth-order valence-electron chi connectivity index (χ4n) is 1.80. The average molecular weight is 259 g/mol. The Morgan fingerprint density at radius 3 is 2.76 bits per heavy atom. The molecule has 0 fully saturated rings. The van der Waals surface area contributed by atoms with Crippen LogP contribution < -0.4 is 5.32 Å². The van der Waals surface area contributed by atoms with Crippen LogP contribution >= 0.6 is 0 Å². The molecule has 17 heavy (non-hydrogen) atoms. The van der Waals surface area contributed by atoms with Gasteiger partial charge in [0, 0.05) is 37.7 Å². The molecular weight excluding hydrogens is 238 g/mol. The van der Waals surface area contributed by atoms with Crippen LogP contribution in [0.15, 0.2) is 12.4 Å². The molecule has 1 aromatic rings. The van der Waals surface area contributed by atoms with E-state index in [1.54, 1.807) is 13.2 Å². The van der Waals surface area contributed by atoms with E-state index in [0.717, 1.165) is 18.8 Å². The molecule has 0 aliphatic rings. The number of likely N-dealkylation sites (N-methyl/N-ethyl adjacent to an activating group) is 1. The van der Waals surface area contributed by atoms with Gasteiger partial charge in [-0.05, 0) is 13.5 Å². The van der Waals surface area contributed by atoms with E-state index in [1.807, 2.05) is 6.20 Å². The summed E-state index contributed by atoms with van der Waals surface area (Å²) in [4.78, 5) is 4.28. The lowest BCUT2D eigenvalue weighted by Crippen LogP contribution is -2.35. The molecule has 6 heteroatoms. The van der Waals surface area contributed by atoms with Gasteiger partial charge in [0.1, 0.15) is 15.7 Å². The highest BCUT2D eigenvalue weighted by molar-refractivity contribution is 7.90. The van der Waals surface area contributed by atoms with E-state index in [0.29, 0.717) is 6.42 Å². The first-order valence-corrected chi connectivity index (χ1v) is 7.87. The zero-order valence-corrected chi connectivity index (χ0v) is 11.5. The van der Waals surface area contributed by atoms with Crippen molar-refractivity contribution in [3.05, 3.63) is 18.2 Å². The van der Waals surface area contributed by atoms with Gasteiger partial charge in [0.15, 0.2) is 0 Å².